The van der Waals surface area contributed by atoms with Crippen LogP contribution < -0.4 is 16.0 Å². The highest BCUT2D eigenvalue weighted by Crippen LogP contribution is 2.36. The first kappa shape index (κ1) is 21.4. The molecule has 0 radical (unpaired) electrons. The number of halogens is 3. The number of hydrogen-bond acceptors (Lipinski definition) is 7. The average Bonchev–Trinajstić information content (AvgIpc) is 3.56. The molecule has 1 saturated heterocycles. The van der Waals surface area contributed by atoms with Gasteiger partial charge in [-0.2, -0.15) is 18.2 Å². The zero-order valence-electron chi connectivity index (χ0n) is 16.9. The van der Waals surface area contributed by atoms with E-state index in [1.165, 1.54) is 6.21 Å². The molecule has 166 valence electrons. The summed E-state index contributed by atoms with van der Waals surface area (Å²) in [5.41, 5.74) is 0.993. The molecule has 1 aromatic heterocycles. The van der Waals surface area contributed by atoms with Gasteiger partial charge >= 0.3 is 6.18 Å². The van der Waals surface area contributed by atoms with E-state index < -0.39 is 11.7 Å². The molecule has 0 spiro atoms. The molecule has 4 N–H and O–H groups in total. The van der Waals surface area contributed by atoms with Crippen LogP contribution in [0.25, 0.3) is 0 Å². The molecule has 1 aliphatic heterocycles. The number of benzene rings is 1. The van der Waals surface area contributed by atoms with Crippen LogP contribution in [0.3, 0.4) is 0 Å². The Bertz CT molecular complexity index is 926. The molecule has 2 heterocycles. The predicted octanol–water partition coefficient (Wildman–Crippen LogP) is 4.65. The smallest absolute Gasteiger partial charge is 0.384 e. The molecular weight excluding hydrogens is 409 g/mol. The largest absolute Gasteiger partial charge is 0.421 e. The van der Waals surface area contributed by atoms with Crippen molar-refractivity contribution in [3.63, 3.8) is 0 Å². The Morgan fingerprint density at radius 1 is 1.19 bits per heavy atom. The SMILES string of the molecule is N=Cc1c(NCC2CCCOC2)cccc1Nc1ncc(C(F)(F)F)c(NC2CC2)n1. The first-order chi connectivity index (χ1) is 14.9. The maximum atomic E-state index is 13.3. The minimum atomic E-state index is -4.54. The van der Waals surface area contributed by atoms with Gasteiger partial charge in [-0.1, -0.05) is 6.07 Å². The van der Waals surface area contributed by atoms with Crippen molar-refractivity contribution < 1.29 is 17.9 Å². The Balaban J connectivity index is 1.53. The molecule has 7 nitrogen and oxygen atoms in total. The average molecular weight is 434 g/mol. The quantitative estimate of drug-likeness (QED) is 0.452. The molecule has 1 unspecified atom stereocenters. The molecule has 1 aliphatic carbocycles. The number of aromatic nitrogens is 2. The molecule has 0 amide bonds. The Morgan fingerprint density at radius 3 is 2.68 bits per heavy atom. The third kappa shape index (κ3) is 5.43. The van der Waals surface area contributed by atoms with Crippen LogP contribution in [0.5, 0.6) is 0 Å². The summed E-state index contributed by atoms with van der Waals surface area (Å²) in [6, 6.07) is 5.42. The van der Waals surface area contributed by atoms with Gasteiger partial charge in [-0.3, -0.25) is 0 Å². The lowest BCUT2D eigenvalue weighted by Gasteiger charge is -2.23. The molecule has 4 rings (SSSR count). The monoisotopic (exact) mass is 434 g/mol. The van der Waals surface area contributed by atoms with Crippen molar-refractivity contribution in [1.29, 1.82) is 5.41 Å². The number of nitrogens with zero attached hydrogens (tertiary/aromatic N) is 2. The van der Waals surface area contributed by atoms with E-state index in [1.807, 2.05) is 12.1 Å². The Kier molecular flexibility index (Phi) is 6.26. The van der Waals surface area contributed by atoms with Crippen molar-refractivity contribution in [2.24, 2.45) is 5.92 Å². The van der Waals surface area contributed by atoms with Crippen molar-refractivity contribution in [2.75, 3.05) is 35.7 Å². The molecule has 0 bridgehead atoms. The standard InChI is InChI=1S/C21H25F3N6O/c22-21(23,24)16-11-27-20(30-19(16)28-14-6-7-14)29-18-5-1-4-17(15(18)9-25)26-10-13-3-2-8-31-12-13/h1,4-5,9,11,13-14,25-26H,2-3,6-8,10,12H2,(H2,27,28,29,30). The van der Waals surface area contributed by atoms with Gasteiger partial charge in [-0.15, -0.1) is 0 Å². The van der Waals surface area contributed by atoms with Crippen LogP contribution in [0, 0.1) is 11.3 Å². The second-order valence-electron chi connectivity index (χ2n) is 7.87. The highest BCUT2D eigenvalue weighted by Gasteiger charge is 2.37. The number of ether oxygens (including phenoxy) is 1. The molecular formula is C21H25F3N6O. The normalized spacial score (nSPS) is 19.0. The number of rotatable bonds is 8. The summed E-state index contributed by atoms with van der Waals surface area (Å²) in [6.45, 7) is 2.23. The molecule has 2 aromatic rings. The van der Waals surface area contributed by atoms with E-state index in [1.54, 1.807) is 6.07 Å². The fourth-order valence-corrected chi connectivity index (χ4v) is 3.51. The number of nitrogens with one attached hydrogen (secondary N) is 4. The van der Waals surface area contributed by atoms with Gasteiger partial charge in [0.1, 0.15) is 11.4 Å². The summed E-state index contributed by atoms with van der Waals surface area (Å²) in [4.78, 5) is 7.93. The van der Waals surface area contributed by atoms with E-state index in [2.05, 4.69) is 25.9 Å². The van der Waals surface area contributed by atoms with E-state index in [-0.39, 0.29) is 17.8 Å². The fraction of sp³-hybridized carbons (Fsp3) is 0.476. The highest BCUT2D eigenvalue weighted by atomic mass is 19.4. The minimum absolute atomic E-state index is 0.0114. The van der Waals surface area contributed by atoms with Gasteiger partial charge in [-0.25, -0.2) is 4.98 Å². The summed E-state index contributed by atoms with van der Waals surface area (Å²) < 4.78 is 45.4. The van der Waals surface area contributed by atoms with Crippen molar-refractivity contribution in [2.45, 2.75) is 37.9 Å². The van der Waals surface area contributed by atoms with E-state index in [4.69, 9.17) is 10.1 Å². The van der Waals surface area contributed by atoms with Crippen LogP contribution in [0.4, 0.5) is 36.3 Å². The van der Waals surface area contributed by atoms with Gasteiger partial charge in [0, 0.05) is 42.9 Å². The van der Waals surface area contributed by atoms with Crippen LogP contribution >= 0.6 is 0 Å². The van der Waals surface area contributed by atoms with Crippen molar-refractivity contribution in [3.8, 4) is 0 Å². The molecule has 10 heteroatoms. The van der Waals surface area contributed by atoms with Gasteiger partial charge in [0.25, 0.3) is 0 Å². The number of alkyl halides is 3. The third-order valence-electron chi connectivity index (χ3n) is 5.35. The second-order valence-corrected chi connectivity index (χ2v) is 7.87. The van der Waals surface area contributed by atoms with E-state index >= 15 is 0 Å². The summed E-state index contributed by atoms with van der Waals surface area (Å²) in [5.74, 6) is 0.214. The van der Waals surface area contributed by atoms with Crippen molar-refractivity contribution >= 4 is 29.4 Å². The van der Waals surface area contributed by atoms with Crippen molar-refractivity contribution in [3.05, 3.63) is 35.5 Å². The van der Waals surface area contributed by atoms with Gasteiger partial charge in [0.2, 0.25) is 5.95 Å². The molecule has 2 fully saturated rings. The summed E-state index contributed by atoms with van der Waals surface area (Å²) in [6.07, 6.45) is 1.21. The predicted molar refractivity (Wildman–Crippen MR) is 113 cm³/mol. The van der Waals surface area contributed by atoms with E-state index in [9.17, 15) is 13.2 Å². The molecule has 31 heavy (non-hydrogen) atoms. The van der Waals surface area contributed by atoms with Gasteiger partial charge in [-0.05, 0) is 43.7 Å². The Hall–Kier alpha value is -2.88. The summed E-state index contributed by atoms with van der Waals surface area (Å²) in [7, 11) is 0. The van der Waals surface area contributed by atoms with Crippen LogP contribution in [-0.2, 0) is 10.9 Å². The molecule has 1 aromatic carbocycles. The van der Waals surface area contributed by atoms with Crippen LogP contribution in [-0.4, -0.2) is 42.0 Å². The topological polar surface area (TPSA) is 95.0 Å². The van der Waals surface area contributed by atoms with E-state index in [0.717, 1.165) is 50.7 Å². The van der Waals surface area contributed by atoms with Gasteiger partial charge in [0.15, 0.2) is 0 Å². The maximum absolute atomic E-state index is 13.3. The Morgan fingerprint density at radius 2 is 2.00 bits per heavy atom. The Labute approximate surface area is 178 Å². The zero-order chi connectivity index (χ0) is 21.8. The maximum Gasteiger partial charge on any atom is 0.421 e. The molecule has 1 atom stereocenters. The first-order valence-corrected chi connectivity index (χ1v) is 10.4. The lowest BCUT2D eigenvalue weighted by Crippen LogP contribution is -2.24. The summed E-state index contributed by atoms with van der Waals surface area (Å²) in [5, 5.41) is 17.0. The third-order valence-corrected chi connectivity index (χ3v) is 5.35. The summed E-state index contributed by atoms with van der Waals surface area (Å²) >= 11 is 0. The van der Waals surface area contributed by atoms with E-state index in [0.29, 0.717) is 23.8 Å². The van der Waals surface area contributed by atoms with Crippen LogP contribution in [0.15, 0.2) is 24.4 Å². The fourth-order valence-electron chi connectivity index (χ4n) is 3.51. The van der Waals surface area contributed by atoms with Crippen molar-refractivity contribution in [1.82, 2.24) is 9.97 Å². The van der Waals surface area contributed by atoms with Gasteiger partial charge in [0.05, 0.1) is 12.3 Å². The minimum Gasteiger partial charge on any atom is -0.384 e. The van der Waals surface area contributed by atoms with Crippen LogP contribution in [0.1, 0.15) is 36.8 Å². The van der Waals surface area contributed by atoms with Gasteiger partial charge < -0.3 is 26.1 Å². The molecule has 2 aliphatic rings. The first-order valence-electron chi connectivity index (χ1n) is 10.4. The lowest BCUT2D eigenvalue weighted by molar-refractivity contribution is -0.137. The van der Waals surface area contributed by atoms with Crippen LogP contribution in [0.2, 0.25) is 0 Å². The number of hydrogen-bond donors (Lipinski definition) is 4. The highest BCUT2D eigenvalue weighted by molar-refractivity contribution is 5.94. The number of anilines is 4. The zero-order valence-corrected chi connectivity index (χ0v) is 16.9. The second kappa shape index (κ2) is 9.09. The lowest BCUT2D eigenvalue weighted by atomic mass is 10.0. The molecule has 1 saturated carbocycles.